The molecule has 1 fully saturated rings. The SMILES string of the molecule is COc1cc(-c2cc3c(-c4cnn(C5CCN(C(C)=O)CC5)c4)cnc(N)c3o2)ccc1N. The lowest BCUT2D eigenvalue weighted by molar-refractivity contribution is -0.130. The van der Waals surface area contributed by atoms with Gasteiger partial charge in [0, 0.05) is 54.5 Å². The largest absolute Gasteiger partial charge is 0.495 e. The van der Waals surface area contributed by atoms with Gasteiger partial charge in [-0.2, -0.15) is 5.10 Å². The Morgan fingerprint density at radius 2 is 1.94 bits per heavy atom. The molecule has 1 saturated heterocycles. The highest BCUT2D eigenvalue weighted by Crippen LogP contribution is 2.38. The zero-order chi connectivity index (χ0) is 23.1. The third kappa shape index (κ3) is 3.75. The van der Waals surface area contributed by atoms with Crippen LogP contribution in [0.3, 0.4) is 0 Å². The fourth-order valence-electron chi connectivity index (χ4n) is 4.40. The molecule has 0 atom stereocenters. The number of nitrogens with zero attached hydrogens (tertiary/aromatic N) is 4. The number of aromatic nitrogens is 3. The standard InChI is InChI=1S/C24H26N6O3/c1-14(31)29-7-5-17(6-8-29)30-13-16(11-28-30)19-12-27-24(26)23-18(19)10-21(33-23)15-3-4-20(25)22(9-15)32-2/h3-4,9-13,17H,5-8,25H2,1-2H3,(H2,26,27). The van der Waals surface area contributed by atoms with Gasteiger partial charge >= 0.3 is 0 Å². The van der Waals surface area contributed by atoms with Crippen LogP contribution < -0.4 is 16.2 Å². The van der Waals surface area contributed by atoms with Crippen LogP contribution in [0, 0.1) is 0 Å². The average molecular weight is 447 g/mol. The van der Waals surface area contributed by atoms with Gasteiger partial charge < -0.3 is 25.5 Å². The molecule has 0 saturated carbocycles. The number of pyridine rings is 1. The minimum Gasteiger partial charge on any atom is -0.495 e. The van der Waals surface area contributed by atoms with Gasteiger partial charge in [-0.1, -0.05) is 0 Å². The van der Waals surface area contributed by atoms with E-state index in [0.29, 0.717) is 28.6 Å². The number of piperidine rings is 1. The summed E-state index contributed by atoms with van der Waals surface area (Å²) >= 11 is 0. The van der Waals surface area contributed by atoms with Crippen molar-refractivity contribution in [1.29, 1.82) is 0 Å². The molecule has 4 aromatic rings. The summed E-state index contributed by atoms with van der Waals surface area (Å²) in [7, 11) is 1.58. The summed E-state index contributed by atoms with van der Waals surface area (Å²) in [6.45, 7) is 3.11. The number of rotatable bonds is 4. The van der Waals surface area contributed by atoms with Crippen molar-refractivity contribution < 1.29 is 13.9 Å². The number of ether oxygens (including phenoxy) is 1. The second-order valence-corrected chi connectivity index (χ2v) is 8.31. The van der Waals surface area contributed by atoms with Crippen LogP contribution in [0.15, 0.2) is 47.3 Å². The molecule has 4 N–H and O–H groups in total. The Bertz CT molecular complexity index is 1330. The van der Waals surface area contributed by atoms with Crippen molar-refractivity contribution in [3.05, 3.63) is 42.9 Å². The Labute approximate surface area is 190 Å². The molecule has 4 heterocycles. The molecular formula is C24H26N6O3. The van der Waals surface area contributed by atoms with Crippen LogP contribution in [0.4, 0.5) is 11.5 Å². The number of hydrogen-bond donors (Lipinski definition) is 2. The highest BCUT2D eigenvalue weighted by atomic mass is 16.5. The zero-order valence-corrected chi connectivity index (χ0v) is 18.6. The minimum absolute atomic E-state index is 0.124. The summed E-state index contributed by atoms with van der Waals surface area (Å²) < 4.78 is 13.4. The number of fused-ring (bicyclic) bond motifs is 1. The second kappa shape index (κ2) is 8.16. The fourth-order valence-corrected chi connectivity index (χ4v) is 4.40. The molecular weight excluding hydrogens is 420 g/mol. The molecule has 0 bridgehead atoms. The van der Waals surface area contributed by atoms with Gasteiger partial charge in [0.05, 0.1) is 25.0 Å². The first kappa shape index (κ1) is 20.9. The summed E-state index contributed by atoms with van der Waals surface area (Å²) in [5.41, 5.74) is 15.8. The molecule has 0 spiro atoms. The predicted octanol–water partition coefficient (Wildman–Crippen LogP) is 3.71. The van der Waals surface area contributed by atoms with Crippen molar-refractivity contribution in [2.45, 2.75) is 25.8 Å². The third-order valence-electron chi connectivity index (χ3n) is 6.30. The quantitative estimate of drug-likeness (QED) is 0.458. The molecule has 9 heteroatoms. The van der Waals surface area contributed by atoms with E-state index in [1.807, 2.05) is 40.2 Å². The summed E-state index contributed by atoms with van der Waals surface area (Å²) in [5.74, 6) is 1.68. The van der Waals surface area contributed by atoms with E-state index in [1.165, 1.54) is 0 Å². The first-order valence-corrected chi connectivity index (χ1v) is 10.9. The van der Waals surface area contributed by atoms with Crippen molar-refractivity contribution in [1.82, 2.24) is 19.7 Å². The summed E-state index contributed by atoms with van der Waals surface area (Å²) in [6, 6.07) is 7.71. The fraction of sp³-hybridized carbons (Fsp3) is 0.292. The molecule has 1 aromatic carbocycles. The number of hydrogen-bond acceptors (Lipinski definition) is 7. The average Bonchev–Trinajstić information content (AvgIpc) is 3.48. The van der Waals surface area contributed by atoms with Crippen molar-refractivity contribution >= 4 is 28.4 Å². The molecule has 33 heavy (non-hydrogen) atoms. The number of furan rings is 1. The van der Waals surface area contributed by atoms with Crippen molar-refractivity contribution in [3.8, 4) is 28.2 Å². The molecule has 5 rings (SSSR count). The topological polar surface area (TPSA) is 125 Å². The molecule has 0 unspecified atom stereocenters. The molecule has 9 nitrogen and oxygen atoms in total. The Morgan fingerprint density at radius 3 is 2.67 bits per heavy atom. The number of carbonyl (C=O) groups excluding carboxylic acids is 1. The van der Waals surface area contributed by atoms with Gasteiger partial charge in [0.25, 0.3) is 0 Å². The lowest BCUT2D eigenvalue weighted by Crippen LogP contribution is -2.37. The minimum atomic E-state index is 0.124. The van der Waals surface area contributed by atoms with Gasteiger partial charge in [-0.05, 0) is 37.1 Å². The van der Waals surface area contributed by atoms with Gasteiger partial charge in [0.2, 0.25) is 5.91 Å². The zero-order valence-electron chi connectivity index (χ0n) is 18.6. The van der Waals surface area contributed by atoms with Crippen LogP contribution in [0.2, 0.25) is 0 Å². The van der Waals surface area contributed by atoms with E-state index in [-0.39, 0.29) is 11.9 Å². The van der Waals surface area contributed by atoms with Crippen LogP contribution in [0.1, 0.15) is 25.8 Å². The van der Waals surface area contributed by atoms with Crippen LogP contribution >= 0.6 is 0 Å². The summed E-state index contributed by atoms with van der Waals surface area (Å²) in [6.07, 6.45) is 7.37. The second-order valence-electron chi connectivity index (χ2n) is 8.31. The number of likely N-dealkylation sites (tertiary alicyclic amines) is 1. The molecule has 1 amide bonds. The van der Waals surface area contributed by atoms with E-state index in [2.05, 4.69) is 10.1 Å². The highest BCUT2D eigenvalue weighted by Gasteiger charge is 2.23. The van der Waals surface area contributed by atoms with Gasteiger partial charge in [-0.3, -0.25) is 9.48 Å². The van der Waals surface area contributed by atoms with Crippen molar-refractivity contribution in [2.75, 3.05) is 31.7 Å². The smallest absolute Gasteiger partial charge is 0.219 e. The van der Waals surface area contributed by atoms with Gasteiger partial charge in [0.1, 0.15) is 11.5 Å². The number of nitrogens with two attached hydrogens (primary N) is 2. The van der Waals surface area contributed by atoms with E-state index in [1.54, 1.807) is 26.3 Å². The van der Waals surface area contributed by atoms with Crippen LogP contribution in [0.5, 0.6) is 5.75 Å². The summed E-state index contributed by atoms with van der Waals surface area (Å²) in [5, 5.41) is 5.47. The molecule has 170 valence electrons. The normalized spacial score (nSPS) is 14.7. The molecule has 1 aliphatic heterocycles. The van der Waals surface area contributed by atoms with Crippen LogP contribution in [0.25, 0.3) is 33.4 Å². The van der Waals surface area contributed by atoms with Crippen molar-refractivity contribution in [3.63, 3.8) is 0 Å². The Hall–Kier alpha value is -4.01. The molecule has 3 aromatic heterocycles. The van der Waals surface area contributed by atoms with Gasteiger partial charge in [-0.15, -0.1) is 0 Å². The molecule has 0 aliphatic carbocycles. The maximum Gasteiger partial charge on any atom is 0.219 e. The Morgan fingerprint density at radius 1 is 1.15 bits per heavy atom. The summed E-state index contributed by atoms with van der Waals surface area (Å²) in [4.78, 5) is 17.8. The van der Waals surface area contributed by atoms with Crippen LogP contribution in [-0.4, -0.2) is 45.8 Å². The number of benzene rings is 1. The lowest BCUT2D eigenvalue weighted by Gasteiger charge is -2.31. The van der Waals surface area contributed by atoms with Crippen molar-refractivity contribution in [2.24, 2.45) is 0 Å². The van der Waals surface area contributed by atoms with E-state index >= 15 is 0 Å². The van der Waals surface area contributed by atoms with Crippen LogP contribution in [-0.2, 0) is 4.79 Å². The van der Waals surface area contributed by atoms with E-state index in [9.17, 15) is 4.79 Å². The van der Waals surface area contributed by atoms with E-state index in [0.717, 1.165) is 48.0 Å². The molecule has 0 radical (unpaired) electrons. The predicted molar refractivity (Wildman–Crippen MR) is 127 cm³/mol. The van der Waals surface area contributed by atoms with Gasteiger partial charge in [0.15, 0.2) is 11.4 Å². The highest BCUT2D eigenvalue weighted by molar-refractivity contribution is 6.00. The first-order valence-electron chi connectivity index (χ1n) is 10.9. The van der Waals surface area contributed by atoms with Gasteiger partial charge in [-0.25, -0.2) is 4.98 Å². The first-order chi connectivity index (χ1) is 15.9. The maximum atomic E-state index is 11.6. The monoisotopic (exact) mass is 446 g/mol. The number of amides is 1. The third-order valence-corrected chi connectivity index (χ3v) is 6.30. The maximum absolute atomic E-state index is 11.6. The number of carbonyl (C=O) groups is 1. The Balaban J connectivity index is 1.49. The van der Waals surface area contributed by atoms with E-state index < -0.39 is 0 Å². The van der Waals surface area contributed by atoms with E-state index in [4.69, 9.17) is 20.6 Å². The lowest BCUT2D eigenvalue weighted by atomic mass is 10.0. The number of methoxy groups -OCH3 is 1. The molecule has 1 aliphatic rings. The number of nitrogen functional groups attached to an aromatic ring is 2. The Kier molecular flexibility index (Phi) is 5.16. The number of anilines is 2.